The number of nitrogens with zero attached hydrogens (tertiary/aromatic N) is 3. The molecule has 6 nitrogen and oxygen atoms in total. The molecule has 1 aromatic heterocycles. The normalized spacial score (nSPS) is 16.1. The molecule has 0 bridgehead atoms. The number of amides is 1. The molecule has 0 radical (unpaired) electrons. The van der Waals surface area contributed by atoms with Crippen LogP contribution in [0.15, 0.2) is 29.4 Å². The predicted molar refractivity (Wildman–Crippen MR) is 108 cm³/mol. The molecular formula is C20H28N4O2S. The van der Waals surface area contributed by atoms with E-state index in [1.54, 1.807) is 7.11 Å². The molecule has 0 saturated heterocycles. The second kappa shape index (κ2) is 9.26. The Labute approximate surface area is 165 Å². The molecule has 1 atom stereocenters. The first-order valence-electron chi connectivity index (χ1n) is 9.56. The van der Waals surface area contributed by atoms with Crippen molar-refractivity contribution in [1.82, 2.24) is 20.1 Å². The van der Waals surface area contributed by atoms with Gasteiger partial charge in [0.15, 0.2) is 11.0 Å². The van der Waals surface area contributed by atoms with Crippen molar-refractivity contribution in [3.05, 3.63) is 24.3 Å². The van der Waals surface area contributed by atoms with Gasteiger partial charge in [-0.05, 0) is 49.9 Å². The van der Waals surface area contributed by atoms with Crippen molar-refractivity contribution in [1.29, 1.82) is 0 Å². The zero-order chi connectivity index (χ0) is 19.2. The Balaban J connectivity index is 1.58. The van der Waals surface area contributed by atoms with Crippen LogP contribution < -0.4 is 10.1 Å². The molecule has 1 aliphatic rings. The molecule has 1 fully saturated rings. The first kappa shape index (κ1) is 19.7. The van der Waals surface area contributed by atoms with Crippen LogP contribution in [-0.2, 0) is 11.8 Å². The third-order valence-electron chi connectivity index (χ3n) is 5.12. The Morgan fingerprint density at radius 1 is 1.26 bits per heavy atom. The Morgan fingerprint density at radius 2 is 1.96 bits per heavy atom. The van der Waals surface area contributed by atoms with E-state index < -0.39 is 0 Å². The molecule has 0 spiro atoms. The van der Waals surface area contributed by atoms with Crippen molar-refractivity contribution in [3.63, 3.8) is 0 Å². The largest absolute Gasteiger partial charge is 0.497 e. The molecule has 1 saturated carbocycles. The molecule has 2 aromatic rings. The van der Waals surface area contributed by atoms with Gasteiger partial charge in [0.1, 0.15) is 5.75 Å². The van der Waals surface area contributed by atoms with Crippen molar-refractivity contribution in [2.75, 3.05) is 13.7 Å². The SMILES string of the molecule is COc1ccc(-c2nnc(S[C@@H](C)C(=O)NCC3CCCCC3)n2C)cc1. The highest BCUT2D eigenvalue weighted by atomic mass is 32.2. The third-order valence-corrected chi connectivity index (χ3v) is 6.26. The van der Waals surface area contributed by atoms with Crippen LogP contribution in [0.25, 0.3) is 11.4 Å². The van der Waals surface area contributed by atoms with Crippen LogP contribution in [-0.4, -0.2) is 39.6 Å². The van der Waals surface area contributed by atoms with E-state index >= 15 is 0 Å². The summed E-state index contributed by atoms with van der Waals surface area (Å²) in [6.45, 7) is 2.71. The minimum absolute atomic E-state index is 0.0690. The quantitative estimate of drug-likeness (QED) is 0.733. The summed E-state index contributed by atoms with van der Waals surface area (Å²) in [6.07, 6.45) is 6.38. The topological polar surface area (TPSA) is 69.0 Å². The molecule has 1 heterocycles. The highest BCUT2D eigenvalue weighted by Crippen LogP contribution is 2.27. The summed E-state index contributed by atoms with van der Waals surface area (Å²) in [7, 11) is 3.57. The number of rotatable bonds is 7. The Kier molecular flexibility index (Phi) is 6.77. The number of aromatic nitrogens is 3. The third kappa shape index (κ3) is 5.03. The van der Waals surface area contributed by atoms with Gasteiger partial charge in [-0.15, -0.1) is 10.2 Å². The first-order chi connectivity index (χ1) is 13.1. The maximum absolute atomic E-state index is 12.4. The molecule has 1 aromatic carbocycles. The van der Waals surface area contributed by atoms with Gasteiger partial charge in [-0.25, -0.2) is 0 Å². The van der Waals surface area contributed by atoms with Crippen LogP contribution in [0, 0.1) is 5.92 Å². The lowest BCUT2D eigenvalue weighted by Gasteiger charge is -2.22. The fraction of sp³-hybridized carbons (Fsp3) is 0.550. The summed E-state index contributed by atoms with van der Waals surface area (Å²) in [6, 6.07) is 7.71. The molecule has 146 valence electrons. The lowest BCUT2D eigenvalue weighted by Crippen LogP contribution is -2.35. The van der Waals surface area contributed by atoms with Crippen molar-refractivity contribution in [2.45, 2.75) is 49.4 Å². The number of carbonyl (C=O) groups is 1. The Hall–Kier alpha value is -2.02. The zero-order valence-corrected chi connectivity index (χ0v) is 17.1. The van der Waals surface area contributed by atoms with Crippen LogP contribution in [0.5, 0.6) is 5.75 Å². The number of benzene rings is 1. The average Bonchev–Trinajstić information content (AvgIpc) is 3.07. The van der Waals surface area contributed by atoms with E-state index in [1.165, 1.54) is 43.9 Å². The van der Waals surface area contributed by atoms with E-state index in [0.29, 0.717) is 5.92 Å². The van der Waals surface area contributed by atoms with E-state index in [0.717, 1.165) is 28.8 Å². The molecule has 27 heavy (non-hydrogen) atoms. The molecular weight excluding hydrogens is 360 g/mol. The zero-order valence-electron chi connectivity index (χ0n) is 16.3. The van der Waals surface area contributed by atoms with Crippen molar-refractivity contribution in [2.24, 2.45) is 13.0 Å². The number of ether oxygens (including phenoxy) is 1. The molecule has 1 amide bonds. The Morgan fingerprint density at radius 3 is 2.63 bits per heavy atom. The number of methoxy groups -OCH3 is 1. The van der Waals surface area contributed by atoms with Gasteiger partial charge in [0, 0.05) is 19.2 Å². The van der Waals surface area contributed by atoms with Gasteiger partial charge in [0.2, 0.25) is 5.91 Å². The minimum Gasteiger partial charge on any atom is -0.497 e. The monoisotopic (exact) mass is 388 g/mol. The van der Waals surface area contributed by atoms with Crippen LogP contribution in [0.4, 0.5) is 0 Å². The van der Waals surface area contributed by atoms with Gasteiger partial charge in [0.25, 0.3) is 0 Å². The molecule has 3 rings (SSSR count). The lowest BCUT2D eigenvalue weighted by molar-refractivity contribution is -0.120. The molecule has 1 N–H and O–H groups in total. The molecule has 0 aliphatic heterocycles. The summed E-state index contributed by atoms with van der Waals surface area (Å²) < 4.78 is 7.12. The van der Waals surface area contributed by atoms with Crippen molar-refractivity contribution < 1.29 is 9.53 Å². The summed E-state index contributed by atoms with van der Waals surface area (Å²) in [5.74, 6) is 2.28. The van der Waals surface area contributed by atoms with E-state index in [2.05, 4.69) is 15.5 Å². The van der Waals surface area contributed by atoms with Crippen LogP contribution >= 0.6 is 11.8 Å². The highest BCUT2D eigenvalue weighted by Gasteiger charge is 2.21. The average molecular weight is 389 g/mol. The van der Waals surface area contributed by atoms with Gasteiger partial charge < -0.3 is 14.6 Å². The van der Waals surface area contributed by atoms with Crippen LogP contribution in [0.2, 0.25) is 0 Å². The summed E-state index contributed by atoms with van der Waals surface area (Å²) in [4.78, 5) is 12.4. The number of hydrogen-bond donors (Lipinski definition) is 1. The van der Waals surface area contributed by atoms with Gasteiger partial charge in [-0.1, -0.05) is 31.0 Å². The van der Waals surface area contributed by atoms with Crippen LogP contribution in [0.3, 0.4) is 0 Å². The predicted octanol–water partition coefficient (Wildman–Crippen LogP) is 3.67. The van der Waals surface area contributed by atoms with E-state index in [9.17, 15) is 4.79 Å². The summed E-state index contributed by atoms with van der Waals surface area (Å²) >= 11 is 1.44. The standard InChI is InChI=1S/C20H28N4O2S/c1-14(19(25)21-13-15-7-5-4-6-8-15)27-20-23-22-18(24(20)2)16-9-11-17(26-3)12-10-16/h9-12,14-15H,4-8,13H2,1-3H3,(H,21,25)/t14-/m0/s1. The van der Waals surface area contributed by atoms with E-state index in [-0.39, 0.29) is 11.2 Å². The number of thioether (sulfide) groups is 1. The Bertz CT molecular complexity index is 754. The summed E-state index contributed by atoms with van der Waals surface area (Å²) in [5, 5.41) is 12.2. The first-order valence-corrected chi connectivity index (χ1v) is 10.4. The highest BCUT2D eigenvalue weighted by molar-refractivity contribution is 8.00. The van der Waals surface area contributed by atoms with E-state index in [1.807, 2.05) is 42.8 Å². The fourth-order valence-corrected chi connectivity index (χ4v) is 4.24. The number of nitrogens with one attached hydrogen (secondary N) is 1. The molecule has 0 unspecified atom stereocenters. The molecule has 1 aliphatic carbocycles. The maximum Gasteiger partial charge on any atom is 0.233 e. The molecule has 7 heteroatoms. The van der Waals surface area contributed by atoms with Gasteiger partial charge in [-0.2, -0.15) is 0 Å². The van der Waals surface area contributed by atoms with Gasteiger partial charge in [-0.3, -0.25) is 4.79 Å². The number of hydrogen-bond acceptors (Lipinski definition) is 5. The fourth-order valence-electron chi connectivity index (χ4n) is 3.40. The smallest absolute Gasteiger partial charge is 0.233 e. The van der Waals surface area contributed by atoms with Crippen LogP contribution in [0.1, 0.15) is 39.0 Å². The second-order valence-electron chi connectivity index (χ2n) is 7.10. The lowest BCUT2D eigenvalue weighted by atomic mass is 9.89. The summed E-state index contributed by atoms with van der Waals surface area (Å²) in [5.41, 5.74) is 0.965. The minimum atomic E-state index is -0.208. The second-order valence-corrected chi connectivity index (χ2v) is 8.41. The van der Waals surface area contributed by atoms with Gasteiger partial charge >= 0.3 is 0 Å². The van der Waals surface area contributed by atoms with Crippen molar-refractivity contribution >= 4 is 17.7 Å². The van der Waals surface area contributed by atoms with Gasteiger partial charge in [0.05, 0.1) is 12.4 Å². The van der Waals surface area contributed by atoms with E-state index in [4.69, 9.17) is 4.74 Å². The maximum atomic E-state index is 12.4. The van der Waals surface area contributed by atoms with Crippen molar-refractivity contribution in [3.8, 4) is 17.1 Å². The number of carbonyl (C=O) groups excluding carboxylic acids is 1.